The Morgan fingerprint density at radius 2 is 1.95 bits per heavy atom. The van der Waals surface area contributed by atoms with Crippen molar-refractivity contribution in [3.05, 3.63) is 75.3 Å². The van der Waals surface area contributed by atoms with Crippen molar-refractivity contribution in [1.82, 2.24) is 9.78 Å². The zero-order chi connectivity index (χ0) is 25.7. The topological polar surface area (TPSA) is 67.6 Å². The fourth-order valence-electron chi connectivity index (χ4n) is 5.93. The van der Waals surface area contributed by atoms with Crippen LogP contribution in [0.1, 0.15) is 54.8 Å². The highest BCUT2D eigenvalue weighted by molar-refractivity contribution is 6.37. The van der Waals surface area contributed by atoms with E-state index in [0.29, 0.717) is 51.8 Å². The summed E-state index contributed by atoms with van der Waals surface area (Å²) in [6.45, 7) is 1.17. The van der Waals surface area contributed by atoms with Gasteiger partial charge in [0, 0.05) is 24.9 Å². The summed E-state index contributed by atoms with van der Waals surface area (Å²) in [6, 6.07) is 10.8. The van der Waals surface area contributed by atoms with Crippen LogP contribution in [0.4, 0.5) is 10.1 Å². The lowest BCUT2D eigenvalue weighted by Gasteiger charge is -2.33. The third-order valence-corrected chi connectivity index (χ3v) is 8.54. The van der Waals surface area contributed by atoms with E-state index in [-0.39, 0.29) is 24.4 Å². The molecule has 0 spiro atoms. The molecule has 2 aliphatic carbocycles. The monoisotopic (exact) mass is 543 g/mol. The predicted octanol–water partition coefficient (Wildman–Crippen LogP) is 6.40. The molecule has 3 atom stereocenters. The van der Waals surface area contributed by atoms with Crippen LogP contribution in [-0.4, -0.2) is 39.5 Å². The lowest BCUT2D eigenvalue weighted by molar-refractivity contribution is -0.136. The molecule has 1 N–H and O–H groups in total. The van der Waals surface area contributed by atoms with E-state index in [2.05, 4.69) is 10.00 Å². The summed E-state index contributed by atoms with van der Waals surface area (Å²) in [5.41, 5.74) is 4.17. The number of carboxylic acid groups (broad SMARTS) is 1. The fraction of sp³-hybridized carbons (Fsp3) is 0.429. The number of hydrogen-bond donors (Lipinski definition) is 1. The number of hydrogen-bond acceptors (Lipinski definition) is 4. The maximum Gasteiger partial charge on any atom is 0.303 e. The number of halogens is 3. The second-order valence-electron chi connectivity index (χ2n) is 10.4. The standard InChI is InChI=1S/C28H28Cl2FN3O3/c29-21-2-1-3-22(30)28(21)34-25(20(13-32-34)17-6-7-17)15-37-26-12-19-11-18(26)14-33(19)24-8-4-16(10-23(24)31)5-9-27(35)36/h1-4,8,10,13,17-19,26H,5-7,9,11-12,14-15H2,(H,35,36)/t18-,19-,26+/m0/s1. The highest BCUT2D eigenvalue weighted by atomic mass is 35.5. The molecule has 0 amide bonds. The van der Waals surface area contributed by atoms with E-state index in [0.717, 1.165) is 37.9 Å². The van der Waals surface area contributed by atoms with Gasteiger partial charge in [0.05, 0.1) is 40.3 Å². The number of benzene rings is 2. The summed E-state index contributed by atoms with van der Waals surface area (Å²) in [6.07, 6.45) is 6.44. The zero-order valence-electron chi connectivity index (χ0n) is 20.2. The van der Waals surface area contributed by atoms with E-state index in [1.807, 2.05) is 35.1 Å². The number of rotatable bonds is 9. The number of piperidine rings is 1. The first-order valence-corrected chi connectivity index (χ1v) is 13.5. The lowest BCUT2D eigenvalue weighted by atomic mass is 10.0. The Kier molecular flexibility index (Phi) is 6.63. The first kappa shape index (κ1) is 24.7. The van der Waals surface area contributed by atoms with Gasteiger partial charge < -0.3 is 14.7 Å². The SMILES string of the molecule is O=C(O)CCc1ccc(N2C[C@@H]3C[C@H]2C[C@H]3OCc2c(C3CC3)cnn2-c2c(Cl)cccc2Cl)c(F)c1. The van der Waals surface area contributed by atoms with E-state index < -0.39 is 5.97 Å². The summed E-state index contributed by atoms with van der Waals surface area (Å²) in [5, 5.41) is 14.6. The maximum absolute atomic E-state index is 14.9. The molecule has 2 saturated carbocycles. The van der Waals surface area contributed by atoms with Crippen molar-refractivity contribution in [1.29, 1.82) is 0 Å². The fourth-order valence-corrected chi connectivity index (χ4v) is 6.49. The number of nitrogens with zero attached hydrogens (tertiary/aromatic N) is 3. The van der Waals surface area contributed by atoms with Crippen molar-refractivity contribution in [3.8, 4) is 5.69 Å². The number of aromatic nitrogens is 2. The number of para-hydroxylation sites is 1. The molecule has 2 bridgehead atoms. The molecule has 6 nitrogen and oxygen atoms in total. The van der Waals surface area contributed by atoms with Gasteiger partial charge in [-0.25, -0.2) is 9.07 Å². The van der Waals surface area contributed by atoms with Gasteiger partial charge in [0.15, 0.2) is 0 Å². The molecule has 2 heterocycles. The number of carbonyl (C=O) groups is 1. The molecule has 0 unspecified atom stereocenters. The first-order chi connectivity index (χ1) is 17.9. The van der Waals surface area contributed by atoms with E-state index in [1.54, 1.807) is 6.07 Å². The molecule has 3 fully saturated rings. The highest BCUT2D eigenvalue weighted by Gasteiger charge is 2.46. The minimum Gasteiger partial charge on any atom is -0.481 e. The molecule has 1 aliphatic heterocycles. The van der Waals surface area contributed by atoms with E-state index in [4.69, 9.17) is 33.0 Å². The average Bonchev–Trinajstić information content (AvgIpc) is 3.32. The second kappa shape index (κ2) is 9.93. The van der Waals surface area contributed by atoms with Crippen LogP contribution in [-0.2, 0) is 22.6 Å². The van der Waals surface area contributed by atoms with E-state index in [1.165, 1.54) is 11.6 Å². The van der Waals surface area contributed by atoms with Gasteiger partial charge in [0.2, 0.25) is 0 Å². The summed E-state index contributed by atoms with van der Waals surface area (Å²) < 4.78 is 23.3. The van der Waals surface area contributed by atoms with Crippen LogP contribution >= 0.6 is 23.2 Å². The summed E-state index contributed by atoms with van der Waals surface area (Å²) in [7, 11) is 0. The number of anilines is 1. The van der Waals surface area contributed by atoms with Gasteiger partial charge in [-0.2, -0.15) is 5.10 Å². The van der Waals surface area contributed by atoms with Crippen LogP contribution < -0.4 is 4.90 Å². The van der Waals surface area contributed by atoms with Crippen molar-refractivity contribution >= 4 is 34.9 Å². The van der Waals surface area contributed by atoms with Gasteiger partial charge in [-0.05, 0) is 73.4 Å². The Morgan fingerprint density at radius 1 is 1.16 bits per heavy atom. The maximum atomic E-state index is 14.9. The molecule has 0 radical (unpaired) electrons. The molecule has 1 saturated heterocycles. The summed E-state index contributed by atoms with van der Waals surface area (Å²) >= 11 is 13.0. The van der Waals surface area contributed by atoms with Crippen LogP contribution in [0.5, 0.6) is 0 Å². The third-order valence-electron chi connectivity index (χ3n) is 7.93. The number of fused-ring (bicyclic) bond motifs is 2. The van der Waals surface area contributed by atoms with Crippen LogP contribution in [0.15, 0.2) is 42.6 Å². The van der Waals surface area contributed by atoms with Crippen LogP contribution in [0.25, 0.3) is 5.69 Å². The van der Waals surface area contributed by atoms with Gasteiger partial charge in [-0.15, -0.1) is 0 Å². The van der Waals surface area contributed by atoms with Crippen LogP contribution in [0, 0.1) is 11.7 Å². The first-order valence-electron chi connectivity index (χ1n) is 12.8. The van der Waals surface area contributed by atoms with Gasteiger partial charge in [-0.1, -0.05) is 35.3 Å². The minimum absolute atomic E-state index is 0.00370. The Balaban J connectivity index is 1.15. The van der Waals surface area contributed by atoms with Crippen LogP contribution in [0.2, 0.25) is 10.0 Å². The van der Waals surface area contributed by atoms with Gasteiger partial charge in [0.25, 0.3) is 0 Å². The number of carboxylic acids is 1. The van der Waals surface area contributed by atoms with Crippen molar-refractivity contribution in [2.24, 2.45) is 5.92 Å². The normalized spacial score (nSPS) is 22.7. The van der Waals surface area contributed by atoms with Gasteiger partial charge in [-0.3, -0.25) is 4.79 Å². The number of aliphatic carboxylic acids is 1. The van der Waals surface area contributed by atoms with Crippen molar-refractivity contribution in [2.45, 2.75) is 63.2 Å². The number of ether oxygens (including phenoxy) is 1. The lowest BCUT2D eigenvalue weighted by Crippen LogP contribution is -2.39. The second-order valence-corrected chi connectivity index (χ2v) is 11.2. The molecular formula is C28H28Cl2FN3O3. The Hall–Kier alpha value is -2.61. The Labute approximate surface area is 224 Å². The van der Waals surface area contributed by atoms with Crippen LogP contribution in [0.3, 0.4) is 0 Å². The molecule has 37 heavy (non-hydrogen) atoms. The van der Waals surface area contributed by atoms with Crippen molar-refractivity contribution in [3.63, 3.8) is 0 Å². The molecule has 9 heteroatoms. The van der Waals surface area contributed by atoms with Gasteiger partial charge in [0.1, 0.15) is 11.5 Å². The van der Waals surface area contributed by atoms with E-state index >= 15 is 0 Å². The molecule has 3 aromatic rings. The molecule has 2 aromatic carbocycles. The largest absolute Gasteiger partial charge is 0.481 e. The third kappa shape index (κ3) is 4.85. The molecule has 1 aromatic heterocycles. The quantitative estimate of drug-likeness (QED) is 0.338. The predicted molar refractivity (Wildman–Crippen MR) is 140 cm³/mol. The highest BCUT2D eigenvalue weighted by Crippen LogP contribution is 2.45. The van der Waals surface area contributed by atoms with Gasteiger partial charge >= 0.3 is 5.97 Å². The van der Waals surface area contributed by atoms with Crippen molar-refractivity contribution < 1.29 is 19.0 Å². The van der Waals surface area contributed by atoms with E-state index in [9.17, 15) is 9.18 Å². The Bertz CT molecular complexity index is 1320. The smallest absolute Gasteiger partial charge is 0.303 e. The minimum atomic E-state index is -0.880. The molecule has 194 valence electrons. The molecule has 3 aliphatic rings. The number of aryl methyl sites for hydroxylation is 1. The molecule has 6 rings (SSSR count). The molecular weight excluding hydrogens is 516 g/mol. The summed E-state index contributed by atoms with van der Waals surface area (Å²) in [5.74, 6) is -0.344. The van der Waals surface area contributed by atoms with Crippen molar-refractivity contribution in [2.75, 3.05) is 11.4 Å². The Morgan fingerprint density at radius 3 is 2.59 bits per heavy atom. The zero-order valence-corrected chi connectivity index (χ0v) is 21.8. The summed E-state index contributed by atoms with van der Waals surface area (Å²) in [4.78, 5) is 13.0. The average molecular weight is 544 g/mol.